The molecule has 0 aliphatic rings. The third kappa shape index (κ3) is 3.20. The van der Waals surface area contributed by atoms with Crippen molar-refractivity contribution in [1.82, 2.24) is 0 Å². The molecule has 0 aromatic heterocycles. The number of hydrogen-bond donors (Lipinski definition) is 0. The molecule has 0 radical (unpaired) electrons. The number of benzene rings is 2. The second-order valence-electron chi connectivity index (χ2n) is 4.16. The maximum Gasteiger partial charge on any atom is 0.330 e. The van der Waals surface area contributed by atoms with E-state index in [1.165, 1.54) is 22.4 Å². The summed E-state index contributed by atoms with van der Waals surface area (Å²) >= 11 is 0. The summed E-state index contributed by atoms with van der Waals surface area (Å²) in [5.41, 5.74) is 1.27. The number of aryl methyl sites for hydroxylation is 1. The molecule has 0 aliphatic heterocycles. The van der Waals surface area contributed by atoms with Crippen LogP contribution in [0.3, 0.4) is 0 Å². The minimum absolute atomic E-state index is 0.353. The first-order valence-electron chi connectivity index (χ1n) is 6.06. The molecule has 0 atom stereocenters. The van der Waals surface area contributed by atoms with E-state index in [9.17, 15) is 4.79 Å². The lowest BCUT2D eigenvalue weighted by molar-refractivity contribution is -0.137. The Hall–Kier alpha value is -2.09. The first-order valence-corrected chi connectivity index (χ1v) is 6.06. The summed E-state index contributed by atoms with van der Waals surface area (Å²) in [6.45, 7) is 3.80. The Balaban J connectivity index is 1.91. The minimum Gasteiger partial charge on any atom is -0.463 e. The molecule has 0 bridgehead atoms. The van der Waals surface area contributed by atoms with Crippen LogP contribution in [0.15, 0.2) is 55.1 Å². The maximum atomic E-state index is 10.9. The highest BCUT2D eigenvalue weighted by Crippen LogP contribution is 2.16. The van der Waals surface area contributed by atoms with Gasteiger partial charge in [0.1, 0.15) is 0 Å². The molecule has 0 fully saturated rings. The zero-order valence-electron chi connectivity index (χ0n) is 10.3. The second kappa shape index (κ2) is 6.01. The molecule has 0 amide bonds. The van der Waals surface area contributed by atoms with E-state index in [1.54, 1.807) is 0 Å². The molecule has 2 rings (SSSR count). The van der Waals surface area contributed by atoms with Crippen LogP contribution >= 0.6 is 0 Å². The zero-order chi connectivity index (χ0) is 12.8. The van der Waals surface area contributed by atoms with Crippen LogP contribution in [0.2, 0.25) is 0 Å². The standard InChI is InChI=1S/C16H16O2/c1-2-16(17)18-11-5-6-13-9-10-14-7-3-4-8-15(14)12-13/h2-4,7-10,12H,1,5-6,11H2. The molecule has 0 saturated heterocycles. The largest absolute Gasteiger partial charge is 0.463 e. The van der Waals surface area contributed by atoms with E-state index in [1.807, 2.05) is 12.1 Å². The van der Waals surface area contributed by atoms with Crippen LogP contribution in [0.1, 0.15) is 12.0 Å². The van der Waals surface area contributed by atoms with Gasteiger partial charge in [0.15, 0.2) is 0 Å². The average Bonchev–Trinajstić information content (AvgIpc) is 2.43. The molecular weight excluding hydrogens is 224 g/mol. The first kappa shape index (κ1) is 12.4. The van der Waals surface area contributed by atoms with Crippen molar-refractivity contribution in [2.45, 2.75) is 12.8 Å². The monoisotopic (exact) mass is 240 g/mol. The molecule has 0 heterocycles. The van der Waals surface area contributed by atoms with Crippen molar-refractivity contribution in [2.24, 2.45) is 0 Å². The highest BCUT2D eigenvalue weighted by Gasteiger charge is 1.98. The Morgan fingerprint density at radius 1 is 1.17 bits per heavy atom. The summed E-state index contributed by atoms with van der Waals surface area (Å²) in [4.78, 5) is 10.9. The highest BCUT2D eigenvalue weighted by molar-refractivity contribution is 5.83. The topological polar surface area (TPSA) is 26.3 Å². The number of carbonyl (C=O) groups is 1. The Morgan fingerprint density at radius 3 is 2.72 bits per heavy atom. The van der Waals surface area contributed by atoms with Gasteiger partial charge in [-0.1, -0.05) is 49.0 Å². The molecule has 0 unspecified atom stereocenters. The SMILES string of the molecule is C=CC(=O)OCCCc1ccc2ccccc2c1. The van der Waals surface area contributed by atoms with Gasteiger partial charge < -0.3 is 4.74 Å². The second-order valence-corrected chi connectivity index (χ2v) is 4.16. The van der Waals surface area contributed by atoms with Crippen LogP contribution in [-0.4, -0.2) is 12.6 Å². The zero-order valence-corrected chi connectivity index (χ0v) is 10.3. The summed E-state index contributed by atoms with van der Waals surface area (Å²) in [5.74, 6) is -0.353. The molecule has 0 saturated carbocycles. The van der Waals surface area contributed by atoms with Crippen molar-refractivity contribution in [1.29, 1.82) is 0 Å². The van der Waals surface area contributed by atoms with Gasteiger partial charge in [-0.3, -0.25) is 0 Å². The fraction of sp³-hybridized carbons (Fsp3) is 0.188. The molecule has 0 spiro atoms. The van der Waals surface area contributed by atoms with Gasteiger partial charge in [0, 0.05) is 6.08 Å². The first-order chi connectivity index (χ1) is 8.79. The van der Waals surface area contributed by atoms with Crippen molar-refractivity contribution >= 4 is 16.7 Å². The summed E-state index contributed by atoms with van der Waals surface area (Å²) in [5, 5.41) is 2.50. The molecule has 2 heteroatoms. The van der Waals surface area contributed by atoms with E-state index in [0.717, 1.165) is 12.8 Å². The maximum absolute atomic E-state index is 10.9. The summed E-state index contributed by atoms with van der Waals surface area (Å²) in [6, 6.07) is 14.7. The van der Waals surface area contributed by atoms with E-state index < -0.39 is 0 Å². The van der Waals surface area contributed by atoms with Gasteiger partial charge in [-0.05, 0) is 29.2 Å². The van der Waals surface area contributed by atoms with Crippen molar-refractivity contribution in [3.63, 3.8) is 0 Å². The van der Waals surface area contributed by atoms with Crippen molar-refractivity contribution < 1.29 is 9.53 Å². The van der Waals surface area contributed by atoms with E-state index in [0.29, 0.717) is 6.61 Å². The van der Waals surface area contributed by atoms with Crippen LogP contribution in [0, 0.1) is 0 Å². The normalized spacial score (nSPS) is 10.2. The Labute approximate surface area is 107 Å². The fourth-order valence-electron chi connectivity index (χ4n) is 1.90. The third-order valence-corrected chi connectivity index (χ3v) is 2.83. The lowest BCUT2D eigenvalue weighted by Gasteiger charge is -2.04. The number of ether oxygens (including phenoxy) is 1. The van der Waals surface area contributed by atoms with Crippen LogP contribution < -0.4 is 0 Å². The molecule has 92 valence electrons. The van der Waals surface area contributed by atoms with Crippen LogP contribution in [0.25, 0.3) is 10.8 Å². The minimum atomic E-state index is -0.353. The summed E-state index contributed by atoms with van der Waals surface area (Å²) in [6.07, 6.45) is 2.93. The van der Waals surface area contributed by atoms with Crippen molar-refractivity contribution in [3.8, 4) is 0 Å². The smallest absolute Gasteiger partial charge is 0.330 e. The Morgan fingerprint density at radius 2 is 1.94 bits per heavy atom. The van der Waals surface area contributed by atoms with Gasteiger partial charge in [-0.2, -0.15) is 0 Å². The van der Waals surface area contributed by atoms with E-state index in [-0.39, 0.29) is 5.97 Å². The number of rotatable bonds is 5. The van der Waals surface area contributed by atoms with E-state index in [2.05, 4.69) is 36.9 Å². The van der Waals surface area contributed by atoms with Gasteiger partial charge in [0.05, 0.1) is 6.61 Å². The van der Waals surface area contributed by atoms with Gasteiger partial charge in [-0.25, -0.2) is 4.79 Å². The van der Waals surface area contributed by atoms with Crippen molar-refractivity contribution in [2.75, 3.05) is 6.61 Å². The molecule has 0 N–H and O–H groups in total. The quantitative estimate of drug-likeness (QED) is 0.454. The number of esters is 1. The molecule has 18 heavy (non-hydrogen) atoms. The average molecular weight is 240 g/mol. The summed E-state index contributed by atoms with van der Waals surface area (Å²) in [7, 11) is 0. The fourth-order valence-corrected chi connectivity index (χ4v) is 1.90. The molecule has 2 aromatic carbocycles. The molecular formula is C16H16O2. The number of hydrogen-bond acceptors (Lipinski definition) is 2. The Kier molecular flexibility index (Phi) is 4.13. The van der Waals surface area contributed by atoms with Gasteiger partial charge in [-0.15, -0.1) is 0 Å². The van der Waals surface area contributed by atoms with Gasteiger partial charge in [0.25, 0.3) is 0 Å². The molecule has 0 aliphatic carbocycles. The number of fused-ring (bicyclic) bond motifs is 1. The lowest BCUT2D eigenvalue weighted by atomic mass is 10.0. The van der Waals surface area contributed by atoms with E-state index >= 15 is 0 Å². The van der Waals surface area contributed by atoms with Gasteiger partial charge in [0.2, 0.25) is 0 Å². The highest BCUT2D eigenvalue weighted by atomic mass is 16.5. The predicted octanol–water partition coefficient (Wildman–Crippen LogP) is 3.50. The molecule has 2 nitrogen and oxygen atoms in total. The molecule has 2 aromatic rings. The van der Waals surface area contributed by atoms with Crippen molar-refractivity contribution in [3.05, 3.63) is 60.7 Å². The van der Waals surface area contributed by atoms with Gasteiger partial charge >= 0.3 is 5.97 Å². The van der Waals surface area contributed by atoms with Crippen LogP contribution in [0.4, 0.5) is 0 Å². The van der Waals surface area contributed by atoms with Crippen LogP contribution in [0.5, 0.6) is 0 Å². The van der Waals surface area contributed by atoms with E-state index in [4.69, 9.17) is 4.74 Å². The summed E-state index contributed by atoms with van der Waals surface area (Å²) < 4.78 is 4.94. The lowest BCUT2D eigenvalue weighted by Crippen LogP contribution is -2.02. The predicted molar refractivity (Wildman–Crippen MR) is 73.4 cm³/mol. The number of carbonyl (C=O) groups excluding carboxylic acids is 1. The van der Waals surface area contributed by atoms with Crippen LogP contribution in [-0.2, 0) is 16.0 Å². The Bertz CT molecular complexity index is 558. The third-order valence-electron chi connectivity index (χ3n) is 2.83.